The van der Waals surface area contributed by atoms with Crippen molar-refractivity contribution in [3.8, 4) is 5.75 Å². The summed E-state index contributed by atoms with van der Waals surface area (Å²) in [6.45, 7) is 10.3. The molecule has 0 spiro atoms. The molecule has 0 aliphatic heterocycles. The van der Waals surface area contributed by atoms with Crippen molar-refractivity contribution < 1.29 is 4.74 Å². The van der Waals surface area contributed by atoms with E-state index in [1.54, 1.807) is 7.11 Å². The fraction of sp³-hybridized carbons (Fsp3) is 0.429. The smallest absolute Gasteiger partial charge is 0.122 e. The van der Waals surface area contributed by atoms with Crippen LogP contribution in [0.25, 0.3) is 0 Å². The molecule has 1 aromatic carbocycles. The molecule has 1 atom stereocenters. The molecular formula is C14H20O. The van der Waals surface area contributed by atoms with Gasteiger partial charge in [-0.2, -0.15) is 0 Å². The predicted octanol–water partition coefficient (Wildman–Crippen LogP) is 3.99. The molecule has 1 aromatic rings. The van der Waals surface area contributed by atoms with E-state index >= 15 is 0 Å². The second kappa shape index (κ2) is 5.01. The second-order valence-corrected chi connectivity index (χ2v) is 3.92. The average molecular weight is 204 g/mol. The standard InChI is InChI=1S/C14H20O/c1-6-12(7-2)13-8-10(3)11(4)14(9-13)15-5/h6,8-9,12H,1,7H2,2-5H3. The van der Waals surface area contributed by atoms with E-state index in [0.717, 1.165) is 12.2 Å². The Morgan fingerprint density at radius 2 is 2.07 bits per heavy atom. The lowest BCUT2D eigenvalue weighted by Gasteiger charge is -2.15. The fourth-order valence-corrected chi connectivity index (χ4v) is 1.82. The van der Waals surface area contributed by atoms with Gasteiger partial charge in [-0.05, 0) is 43.0 Å². The van der Waals surface area contributed by atoms with Crippen LogP contribution >= 0.6 is 0 Å². The van der Waals surface area contributed by atoms with E-state index in [1.165, 1.54) is 16.7 Å². The molecule has 0 aliphatic rings. The maximum absolute atomic E-state index is 5.37. The molecule has 0 saturated heterocycles. The highest BCUT2D eigenvalue weighted by molar-refractivity contribution is 5.44. The number of hydrogen-bond acceptors (Lipinski definition) is 1. The van der Waals surface area contributed by atoms with Crippen molar-refractivity contribution in [3.63, 3.8) is 0 Å². The van der Waals surface area contributed by atoms with Crippen LogP contribution in [0.15, 0.2) is 24.8 Å². The Morgan fingerprint density at radius 3 is 2.53 bits per heavy atom. The van der Waals surface area contributed by atoms with Crippen LogP contribution in [0.2, 0.25) is 0 Å². The van der Waals surface area contributed by atoms with Gasteiger partial charge in [-0.1, -0.05) is 19.1 Å². The van der Waals surface area contributed by atoms with Crippen LogP contribution < -0.4 is 4.74 Å². The van der Waals surface area contributed by atoms with E-state index in [4.69, 9.17) is 4.74 Å². The molecule has 82 valence electrons. The van der Waals surface area contributed by atoms with Crippen LogP contribution in [0.5, 0.6) is 5.75 Å². The number of allylic oxidation sites excluding steroid dienone is 1. The summed E-state index contributed by atoms with van der Waals surface area (Å²) in [5, 5.41) is 0. The van der Waals surface area contributed by atoms with Gasteiger partial charge in [0.15, 0.2) is 0 Å². The molecule has 0 bridgehead atoms. The molecule has 1 rings (SSSR count). The van der Waals surface area contributed by atoms with Crippen LogP contribution in [-0.2, 0) is 0 Å². The van der Waals surface area contributed by atoms with Gasteiger partial charge in [-0.15, -0.1) is 6.58 Å². The maximum Gasteiger partial charge on any atom is 0.122 e. The van der Waals surface area contributed by atoms with Crippen molar-refractivity contribution in [2.75, 3.05) is 7.11 Å². The molecule has 0 fully saturated rings. The molecule has 0 saturated carbocycles. The first-order valence-corrected chi connectivity index (χ1v) is 5.41. The van der Waals surface area contributed by atoms with Crippen LogP contribution in [0.3, 0.4) is 0 Å². The Balaban J connectivity index is 3.20. The van der Waals surface area contributed by atoms with Crippen molar-refractivity contribution in [1.29, 1.82) is 0 Å². The zero-order valence-corrected chi connectivity index (χ0v) is 10.1. The Hall–Kier alpha value is -1.24. The molecule has 15 heavy (non-hydrogen) atoms. The maximum atomic E-state index is 5.37. The Kier molecular flexibility index (Phi) is 3.96. The van der Waals surface area contributed by atoms with Gasteiger partial charge < -0.3 is 4.74 Å². The molecule has 0 radical (unpaired) electrons. The molecule has 1 nitrogen and oxygen atoms in total. The third-order valence-corrected chi connectivity index (χ3v) is 3.01. The molecule has 1 unspecified atom stereocenters. The Bertz CT molecular complexity index is 353. The number of aryl methyl sites for hydroxylation is 1. The van der Waals surface area contributed by atoms with E-state index in [0.29, 0.717) is 5.92 Å². The highest BCUT2D eigenvalue weighted by Crippen LogP contribution is 2.29. The quantitative estimate of drug-likeness (QED) is 0.674. The van der Waals surface area contributed by atoms with Gasteiger partial charge in [-0.3, -0.25) is 0 Å². The summed E-state index contributed by atoms with van der Waals surface area (Å²) in [6, 6.07) is 4.35. The summed E-state index contributed by atoms with van der Waals surface area (Å²) >= 11 is 0. The minimum absolute atomic E-state index is 0.429. The van der Waals surface area contributed by atoms with Gasteiger partial charge in [0, 0.05) is 5.92 Å². The minimum Gasteiger partial charge on any atom is -0.496 e. The van der Waals surface area contributed by atoms with Gasteiger partial charge in [0.05, 0.1) is 7.11 Å². The third-order valence-electron chi connectivity index (χ3n) is 3.01. The molecule has 0 aromatic heterocycles. The van der Waals surface area contributed by atoms with Crippen LogP contribution in [0.1, 0.15) is 36.0 Å². The lowest BCUT2D eigenvalue weighted by molar-refractivity contribution is 0.410. The molecule has 0 aliphatic carbocycles. The van der Waals surface area contributed by atoms with Crippen LogP contribution in [0, 0.1) is 13.8 Å². The van der Waals surface area contributed by atoms with Gasteiger partial charge in [0.25, 0.3) is 0 Å². The van der Waals surface area contributed by atoms with E-state index < -0.39 is 0 Å². The van der Waals surface area contributed by atoms with Crippen molar-refractivity contribution in [2.45, 2.75) is 33.1 Å². The monoisotopic (exact) mass is 204 g/mol. The van der Waals surface area contributed by atoms with Gasteiger partial charge >= 0.3 is 0 Å². The third kappa shape index (κ3) is 2.41. The minimum atomic E-state index is 0.429. The van der Waals surface area contributed by atoms with Crippen LogP contribution in [-0.4, -0.2) is 7.11 Å². The largest absolute Gasteiger partial charge is 0.496 e. The van der Waals surface area contributed by atoms with Crippen LogP contribution in [0.4, 0.5) is 0 Å². The number of ether oxygens (including phenoxy) is 1. The van der Waals surface area contributed by atoms with E-state index in [9.17, 15) is 0 Å². The zero-order valence-electron chi connectivity index (χ0n) is 10.1. The van der Waals surface area contributed by atoms with Crippen molar-refractivity contribution in [3.05, 3.63) is 41.5 Å². The average Bonchev–Trinajstić information content (AvgIpc) is 2.24. The highest BCUT2D eigenvalue weighted by Gasteiger charge is 2.09. The Morgan fingerprint density at radius 1 is 1.40 bits per heavy atom. The first-order chi connectivity index (χ1) is 7.13. The summed E-state index contributed by atoms with van der Waals surface area (Å²) in [4.78, 5) is 0. The molecule has 0 N–H and O–H groups in total. The van der Waals surface area contributed by atoms with E-state index in [2.05, 4.69) is 39.5 Å². The van der Waals surface area contributed by atoms with Crippen molar-refractivity contribution in [1.82, 2.24) is 0 Å². The van der Waals surface area contributed by atoms with Crippen molar-refractivity contribution >= 4 is 0 Å². The zero-order chi connectivity index (χ0) is 11.4. The summed E-state index contributed by atoms with van der Waals surface area (Å²) in [6.07, 6.45) is 3.08. The second-order valence-electron chi connectivity index (χ2n) is 3.92. The summed E-state index contributed by atoms with van der Waals surface area (Å²) in [5.74, 6) is 1.41. The number of rotatable bonds is 4. The molecule has 1 heteroatoms. The summed E-state index contributed by atoms with van der Waals surface area (Å²) in [7, 11) is 1.72. The molecular weight excluding hydrogens is 184 g/mol. The number of methoxy groups -OCH3 is 1. The SMILES string of the molecule is C=CC(CC)c1cc(C)c(C)c(OC)c1. The van der Waals surface area contributed by atoms with Crippen molar-refractivity contribution in [2.24, 2.45) is 0 Å². The molecule has 0 amide bonds. The number of benzene rings is 1. The first kappa shape index (κ1) is 11.8. The Labute approximate surface area is 92.8 Å². The van der Waals surface area contributed by atoms with Gasteiger partial charge in [0.1, 0.15) is 5.75 Å². The fourth-order valence-electron chi connectivity index (χ4n) is 1.82. The highest BCUT2D eigenvalue weighted by atomic mass is 16.5. The predicted molar refractivity (Wildman–Crippen MR) is 65.7 cm³/mol. The lowest BCUT2D eigenvalue weighted by Crippen LogP contribution is -1.98. The topological polar surface area (TPSA) is 9.23 Å². The molecule has 0 heterocycles. The van der Waals surface area contributed by atoms with E-state index in [1.807, 2.05) is 6.08 Å². The summed E-state index contributed by atoms with van der Waals surface area (Å²) in [5.41, 5.74) is 3.80. The van der Waals surface area contributed by atoms with Gasteiger partial charge in [0.2, 0.25) is 0 Å². The lowest BCUT2D eigenvalue weighted by atomic mass is 9.93. The van der Waals surface area contributed by atoms with E-state index in [-0.39, 0.29) is 0 Å². The summed E-state index contributed by atoms with van der Waals surface area (Å²) < 4.78 is 5.37. The van der Waals surface area contributed by atoms with Gasteiger partial charge in [-0.25, -0.2) is 0 Å². The first-order valence-electron chi connectivity index (χ1n) is 5.41. The number of hydrogen-bond donors (Lipinski definition) is 0. The normalized spacial score (nSPS) is 12.3.